The Morgan fingerprint density at radius 3 is 2.25 bits per heavy atom. The molecule has 2 rings (SSSR count). The first-order valence-electron chi connectivity index (χ1n) is 7.07. The second-order valence-electron chi connectivity index (χ2n) is 5.17. The summed E-state index contributed by atoms with van der Waals surface area (Å²) in [7, 11) is 3.39. The van der Waals surface area contributed by atoms with Gasteiger partial charge in [0.2, 0.25) is 0 Å². The molecule has 0 spiro atoms. The Hall–Kier alpha value is -2.25. The molecule has 0 saturated carbocycles. The molecular weight excluding hydrogens is 390 g/mol. The van der Waals surface area contributed by atoms with Crippen molar-refractivity contribution in [2.24, 2.45) is 0 Å². The van der Waals surface area contributed by atoms with Crippen LogP contribution in [0.1, 0.15) is 20.7 Å². The summed E-state index contributed by atoms with van der Waals surface area (Å²) in [5.74, 6) is -0.384. The van der Waals surface area contributed by atoms with Crippen molar-refractivity contribution in [1.82, 2.24) is 10.2 Å². The summed E-state index contributed by atoms with van der Waals surface area (Å²) in [5, 5.41) is 5.72. The van der Waals surface area contributed by atoms with Gasteiger partial charge in [0.25, 0.3) is 11.8 Å². The maximum absolute atomic E-state index is 12.2. The SMILES string of the molecule is CN(C)C(=O)c1ccc(NC(=S)NC(=O)c2ccccc2Br)cc1. The standard InChI is InChI=1S/C17H16BrN3O2S/c1-21(2)16(23)11-7-9-12(10-8-11)19-17(24)20-15(22)13-5-3-4-6-14(13)18/h3-10H,1-2H3,(H2,19,20,22,24). The van der Waals surface area contributed by atoms with Crippen molar-refractivity contribution in [2.75, 3.05) is 19.4 Å². The molecule has 0 aliphatic carbocycles. The van der Waals surface area contributed by atoms with Crippen molar-refractivity contribution in [3.05, 3.63) is 64.1 Å². The molecule has 0 saturated heterocycles. The minimum absolute atomic E-state index is 0.0774. The van der Waals surface area contributed by atoms with Crippen LogP contribution in [0.5, 0.6) is 0 Å². The minimum Gasteiger partial charge on any atom is -0.345 e. The molecule has 0 fully saturated rings. The third-order valence-electron chi connectivity index (χ3n) is 3.14. The van der Waals surface area contributed by atoms with E-state index in [0.29, 0.717) is 21.3 Å². The topological polar surface area (TPSA) is 61.4 Å². The van der Waals surface area contributed by atoms with Crippen LogP contribution in [-0.2, 0) is 0 Å². The molecule has 0 heterocycles. The highest BCUT2D eigenvalue weighted by molar-refractivity contribution is 9.10. The van der Waals surface area contributed by atoms with Crippen LogP contribution in [0.2, 0.25) is 0 Å². The van der Waals surface area contributed by atoms with Gasteiger partial charge in [0.1, 0.15) is 0 Å². The van der Waals surface area contributed by atoms with Crippen LogP contribution in [0.3, 0.4) is 0 Å². The maximum Gasteiger partial charge on any atom is 0.258 e. The molecule has 5 nitrogen and oxygen atoms in total. The highest BCUT2D eigenvalue weighted by atomic mass is 79.9. The number of halogens is 1. The Labute approximate surface area is 154 Å². The third-order valence-corrected chi connectivity index (χ3v) is 4.04. The zero-order valence-corrected chi connectivity index (χ0v) is 15.6. The number of amides is 2. The predicted molar refractivity (Wildman–Crippen MR) is 102 cm³/mol. The number of nitrogens with zero attached hydrogens (tertiary/aromatic N) is 1. The van der Waals surface area contributed by atoms with E-state index >= 15 is 0 Å². The first-order valence-corrected chi connectivity index (χ1v) is 8.27. The molecule has 24 heavy (non-hydrogen) atoms. The number of nitrogens with one attached hydrogen (secondary N) is 2. The van der Waals surface area contributed by atoms with Gasteiger partial charge in [0.05, 0.1) is 5.56 Å². The van der Waals surface area contributed by atoms with Crippen LogP contribution in [0.15, 0.2) is 53.0 Å². The lowest BCUT2D eigenvalue weighted by Gasteiger charge is -2.12. The highest BCUT2D eigenvalue weighted by Gasteiger charge is 2.11. The zero-order valence-electron chi connectivity index (χ0n) is 13.2. The average molecular weight is 406 g/mol. The molecule has 0 aromatic heterocycles. The van der Waals surface area contributed by atoms with Crippen LogP contribution < -0.4 is 10.6 Å². The fraction of sp³-hybridized carbons (Fsp3) is 0.118. The molecule has 0 aliphatic heterocycles. The van der Waals surface area contributed by atoms with Crippen molar-refractivity contribution in [2.45, 2.75) is 0 Å². The summed E-state index contributed by atoms with van der Waals surface area (Å²) in [6, 6.07) is 13.9. The van der Waals surface area contributed by atoms with Crippen molar-refractivity contribution >= 4 is 50.8 Å². The number of benzene rings is 2. The molecule has 0 unspecified atom stereocenters. The Morgan fingerprint density at radius 1 is 1.04 bits per heavy atom. The normalized spacial score (nSPS) is 9.96. The van der Waals surface area contributed by atoms with Gasteiger partial charge in [-0.2, -0.15) is 0 Å². The first-order chi connectivity index (χ1) is 11.4. The number of anilines is 1. The molecule has 0 atom stereocenters. The van der Waals surface area contributed by atoms with E-state index in [0.717, 1.165) is 0 Å². The van der Waals surface area contributed by atoms with Crippen molar-refractivity contribution in [3.63, 3.8) is 0 Å². The van der Waals surface area contributed by atoms with Gasteiger partial charge in [-0.3, -0.25) is 14.9 Å². The zero-order chi connectivity index (χ0) is 17.7. The Morgan fingerprint density at radius 2 is 1.67 bits per heavy atom. The largest absolute Gasteiger partial charge is 0.345 e. The Bertz CT molecular complexity index is 776. The van der Waals surface area contributed by atoms with Crippen LogP contribution in [0.25, 0.3) is 0 Å². The van der Waals surface area contributed by atoms with Crippen molar-refractivity contribution < 1.29 is 9.59 Å². The quantitative estimate of drug-likeness (QED) is 0.769. The predicted octanol–water partition coefficient (Wildman–Crippen LogP) is 3.28. The second-order valence-corrected chi connectivity index (χ2v) is 6.43. The third kappa shape index (κ3) is 4.62. The molecule has 2 amide bonds. The van der Waals surface area contributed by atoms with Crippen molar-refractivity contribution in [3.8, 4) is 0 Å². The summed E-state index contributed by atoms with van der Waals surface area (Å²) >= 11 is 8.47. The van der Waals surface area contributed by atoms with E-state index in [1.807, 2.05) is 6.07 Å². The second kappa shape index (κ2) is 8.03. The van der Waals surface area contributed by atoms with E-state index in [4.69, 9.17) is 12.2 Å². The van der Waals surface area contributed by atoms with Gasteiger partial charge in [-0.05, 0) is 64.5 Å². The van der Waals surface area contributed by atoms with E-state index in [1.165, 1.54) is 4.90 Å². The van der Waals surface area contributed by atoms with Gasteiger partial charge >= 0.3 is 0 Å². The number of carbonyl (C=O) groups excluding carboxylic acids is 2. The number of carbonyl (C=O) groups is 2. The Balaban J connectivity index is 1.99. The number of thiocarbonyl (C=S) groups is 1. The molecule has 2 aromatic carbocycles. The first kappa shape index (κ1) is 18.1. The smallest absolute Gasteiger partial charge is 0.258 e. The summed E-state index contributed by atoms with van der Waals surface area (Å²) < 4.78 is 0.692. The van der Waals surface area contributed by atoms with E-state index in [2.05, 4.69) is 26.6 Å². The van der Waals surface area contributed by atoms with Crippen LogP contribution >= 0.6 is 28.1 Å². The average Bonchev–Trinajstić information content (AvgIpc) is 2.55. The highest BCUT2D eigenvalue weighted by Crippen LogP contribution is 2.16. The minimum atomic E-state index is -0.306. The summed E-state index contributed by atoms with van der Waals surface area (Å²) in [4.78, 5) is 25.5. The lowest BCUT2D eigenvalue weighted by molar-refractivity contribution is 0.0827. The van der Waals surface area contributed by atoms with Crippen LogP contribution in [-0.4, -0.2) is 35.9 Å². The summed E-state index contributed by atoms with van der Waals surface area (Å²) in [6.07, 6.45) is 0. The molecular formula is C17H16BrN3O2S. The molecule has 2 aromatic rings. The number of hydrogen-bond acceptors (Lipinski definition) is 3. The lowest BCUT2D eigenvalue weighted by atomic mass is 10.2. The maximum atomic E-state index is 12.2. The fourth-order valence-electron chi connectivity index (χ4n) is 1.93. The summed E-state index contributed by atoms with van der Waals surface area (Å²) in [5.41, 5.74) is 1.75. The Kier molecular flexibility index (Phi) is 6.05. The lowest BCUT2D eigenvalue weighted by Crippen LogP contribution is -2.34. The van der Waals surface area contributed by atoms with E-state index in [-0.39, 0.29) is 16.9 Å². The fourth-order valence-corrected chi connectivity index (χ4v) is 2.61. The van der Waals surface area contributed by atoms with E-state index in [1.54, 1.807) is 56.6 Å². The van der Waals surface area contributed by atoms with Gasteiger partial charge in [-0.1, -0.05) is 12.1 Å². The van der Waals surface area contributed by atoms with Crippen molar-refractivity contribution in [1.29, 1.82) is 0 Å². The van der Waals surface area contributed by atoms with Crippen LogP contribution in [0, 0.1) is 0 Å². The van der Waals surface area contributed by atoms with Gasteiger partial charge < -0.3 is 10.2 Å². The van der Waals surface area contributed by atoms with E-state index < -0.39 is 0 Å². The van der Waals surface area contributed by atoms with Gasteiger partial charge in [0, 0.05) is 29.8 Å². The molecule has 0 radical (unpaired) electrons. The molecule has 2 N–H and O–H groups in total. The monoisotopic (exact) mass is 405 g/mol. The van der Waals surface area contributed by atoms with Gasteiger partial charge in [-0.25, -0.2) is 0 Å². The van der Waals surface area contributed by atoms with E-state index in [9.17, 15) is 9.59 Å². The van der Waals surface area contributed by atoms with Gasteiger partial charge in [0.15, 0.2) is 5.11 Å². The number of rotatable bonds is 3. The molecule has 0 aliphatic rings. The molecule has 124 valence electrons. The molecule has 0 bridgehead atoms. The summed E-state index contributed by atoms with van der Waals surface area (Å²) in [6.45, 7) is 0. The van der Waals surface area contributed by atoms with Gasteiger partial charge in [-0.15, -0.1) is 0 Å². The number of hydrogen-bond donors (Lipinski definition) is 2. The van der Waals surface area contributed by atoms with Crippen LogP contribution in [0.4, 0.5) is 5.69 Å². The molecule has 7 heteroatoms.